The van der Waals surface area contributed by atoms with Crippen molar-refractivity contribution in [2.24, 2.45) is 0 Å². The van der Waals surface area contributed by atoms with E-state index in [-0.39, 0.29) is 46.6 Å². The maximum Gasteiger partial charge on any atom is 0.226 e. The van der Waals surface area contributed by atoms with Crippen LogP contribution < -0.4 is 0 Å². The van der Waals surface area contributed by atoms with Gasteiger partial charge in [0.2, 0.25) is 5.91 Å². The molecule has 6 nitrogen and oxygen atoms in total. The number of likely N-dealkylation sites (tertiary alicyclic amines) is 1. The molecule has 0 bridgehead atoms. The van der Waals surface area contributed by atoms with E-state index in [1.54, 1.807) is 59.5 Å². The van der Waals surface area contributed by atoms with Crippen LogP contribution in [0, 0.1) is 0 Å². The Labute approximate surface area is 189 Å². The Morgan fingerprint density at radius 3 is 1.67 bits per heavy atom. The number of hydrogen-bond donors (Lipinski definition) is 0. The molecule has 0 N–H and O–H groups in total. The third kappa shape index (κ3) is 3.40. The first-order valence-electron chi connectivity index (χ1n) is 10.8. The second-order valence-electron chi connectivity index (χ2n) is 8.12. The molecule has 0 atom stereocenters. The molecule has 6 heteroatoms. The van der Waals surface area contributed by atoms with E-state index >= 15 is 0 Å². The van der Waals surface area contributed by atoms with Crippen molar-refractivity contribution in [1.82, 2.24) is 4.90 Å². The quantitative estimate of drug-likeness (QED) is 0.535. The Balaban J connectivity index is 1.48. The summed E-state index contributed by atoms with van der Waals surface area (Å²) >= 11 is 0. The van der Waals surface area contributed by atoms with Gasteiger partial charge in [0.15, 0.2) is 23.1 Å². The van der Waals surface area contributed by atoms with Crippen LogP contribution in [0.1, 0.15) is 60.7 Å². The Hall–Kier alpha value is -4.19. The van der Waals surface area contributed by atoms with Crippen LogP contribution in [-0.4, -0.2) is 40.5 Å². The number of carbonyl (C=O) groups excluding carboxylic acids is 5. The van der Waals surface area contributed by atoms with E-state index in [1.807, 2.05) is 0 Å². The van der Waals surface area contributed by atoms with Gasteiger partial charge in [0.05, 0.1) is 11.1 Å². The molecule has 162 valence electrons. The van der Waals surface area contributed by atoms with Gasteiger partial charge >= 0.3 is 0 Å². The molecule has 2 aliphatic carbocycles. The highest BCUT2D eigenvalue weighted by Gasteiger charge is 2.34. The third-order valence-corrected chi connectivity index (χ3v) is 6.19. The highest BCUT2D eigenvalue weighted by molar-refractivity contribution is 6.40. The zero-order chi connectivity index (χ0) is 23.1. The molecular formula is C27H19NO5. The van der Waals surface area contributed by atoms with Gasteiger partial charge in [-0.15, -0.1) is 0 Å². The Morgan fingerprint density at radius 1 is 0.727 bits per heavy atom. The average molecular weight is 437 g/mol. The van der Waals surface area contributed by atoms with Crippen LogP contribution in [-0.2, 0) is 4.79 Å². The van der Waals surface area contributed by atoms with Crippen molar-refractivity contribution in [3.8, 4) is 0 Å². The summed E-state index contributed by atoms with van der Waals surface area (Å²) in [6.45, 7) is 0.501. The van der Waals surface area contributed by atoms with Crippen molar-refractivity contribution >= 4 is 29.0 Å². The van der Waals surface area contributed by atoms with E-state index in [4.69, 9.17) is 0 Å². The molecule has 5 rings (SSSR count). The standard InChI is InChI=1S/C27H19NO5/c29-23-10-5-15-28(23)16(11-13-21-24(30)17-6-1-2-7-18(17)25(21)31)12-14-22-26(32)19-8-3-4-9-20(19)27(22)33/h1-4,6-9,11,13-14H,5,10,12,15H2. The van der Waals surface area contributed by atoms with Crippen molar-refractivity contribution in [2.75, 3.05) is 6.54 Å². The topological polar surface area (TPSA) is 88.6 Å². The maximum absolute atomic E-state index is 12.7. The highest BCUT2D eigenvalue weighted by atomic mass is 16.2. The van der Waals surface area contributed by atoms with Gasteiger partial charge in [0.25, 0.3) is 0 Å². The molecule has 2 aromatic carbocycles. The molecule has 1 saturated heterocycles. The van der Waals surface area contributed by atoms with Crippen LogP contribution >= 0.6 is 0 Å². The fourth-order valence-corrected chi connectivity index (χ4v) is 4.49. The third-order valence-electron chi connectivity index (χ3n) is 6.19. The van der Waals surface area contributed by atoms with Gasteiger partial charge in [-0.3, -0.25) is 24.0 Å². The Morgan fingerprint density at radius 2 is 1.21 bits per heavy atom. The first-order valence-corrected chi connectivity index (χ1v) is 10.8. The highest BCUT2D eigenvalue weighted by Crippen LogP contribution is 2.29. The van der Waals surface area contributed by atoms with Crippen LogP contribution in [0.4, 0.5) is 0 Å². The van der Waals surface area contributed by atoms with Crippen LogP contribution in [0.3, 0.4) is 0 Å². The van der Waals surface area contributed by atoms with Crippen LogP contribution in [0.25, 0.3) is 0 Å². The molecule has 1 amide bonds. The smallest absolute Gasteiger partial charge is 0.226 e. The number of amides is 1. The fourth-order valence-electron chi connectivity index (χ4n) is 4.49. The minimum absolute atomic E-state index is 0.0356. The summed E-state index contributed by atoms with van der Waals surface area (Å²) in [6, 6.07) is 13.3. The van der Waals surface area contributed by atoms with Gasteiger partial charge in [-0.05, 0) is 18.6 Å². The normalized spacial score (nSPS) is 17.8. The Bertz CT molecular complexity index is 1280. The summed E-state index contributed by atoms with van der Waals surface area (Å²) in [4.78, 5) is 64.7. The maximum atomic E-state index is 12.7. The molecule has 1 aliphatic heterocycles. The van der Waals surface area contributed by atoms with E-state index in [1.165, 1.54) is 12.2 Å². The summed E-state index contributed by atoms with van der Waals surface area (Å²) in [5.41, 5.74) is 2.11. The zero-order valence-electron chi connectivity index (χ0n) is 17.7. The van der Waals surface area contributed by atoms with E-state index in [0.717, 1.165) is 0 Å². The number of benzene rings is 2. The van der Waals surface area contributed by atoms with E-state index in [9.17, 15) is 24.0 Å². The Kier molecular flexibility index (Phi) is 5.05. The number of fused-ring (bicyclic) bond motifs is 2. The first kappa shape index (κ1) is 20.7. The second-order valence-corrected chi connectivity index (χ2v) is 8.12. The summed E-state index contributed by atoms with van der Waals surface area (Å²) in [7, 11) is 0. The number of ketones is 4. The van der Waals surface area contributed by atoms with Crippen LogP contribution in [0.5, 0.6) is 0 Å². The van der Waals surface area contributed by atoms with E-state index < -0.39 is 0 Å². The number of rotatable bonds is 4. The van der Waals surface area contributed by atoms with Gasteiger partial charge in [0.1, 0.15) is 0 Å². The van der Waals surface area contributed by atoms with Crippen molar-refractivity contribution in [2.45, 2.75) is 19.3 Å². The second kappa shape index (κ2) is 8.06. The number of allylic oxidation sites excluding steroid dienone is 5. The van der Waals surface area contributed by atoms with Gasteiger partial charge in [0, 0.05) is 47.3 Å². The molecule has 0 unspecified atom stereocenters. The van der Waals surface area contributed by atoms with E-state index in [2.05, 4.69) is 0 Å². The molecule has 0 saturated carbocycles. The van der Waals surface area contributed by atoms with Crippen molar-refractivity contribution in [1.29, 1.82) is 0 Å². The van der Waals surface area contributed by atoms with Gasteiger partial charge in [-0.25, -0.2) is 0 Å². The predicted molar refractivity (Wildman–Crippen MR) is 120 cm³/mol. The molecule has 0 spiro atoms. The molecule has 1 fully saturated rings. The molecule has 33 heavy (non-hydrogen) atoms. The number of Topliss-reactive ketones (excluding diaryl/α,β-unsaturated/α-hetero) is 4. The summed E-state index contributed by atoms with van der Waals surface area (Å²) in [5.74, 6) is -1.45. The molecule has 3 aliphatic rings. The van der Waals surface area contributed by atoms with Crippen LogP contribution in [0.2, 0.25) is 0 Å². The average Bonchev–Trinajstić information content (AvgIpc) is 3.44. The SMILES string of the molecule is O=C1C(=CC=C(CC=C2C(=O)c3ccccc3C2=O)N2CCCC2=O)C(=O)c2ccccc21. The number of nitrogens with zero attached hydrogens (tertiary/aromatic N) is 1. The minimum atomic E-state index is -0.353. The lowest BCUT2D eigenvalue weighted by molar-refractivity contribution is -0.126. The van der Waals surface area contributed by atoms with Gasteiger partial charge < -0.3 is 4.90 Å². The van der Waals surface area contributed by atoms with Gasteiger partial charge in [-0.2, -0.15) is 0 Å². The van der Waals surface area contributed by atoms with Gasteiger partial charge in [-0.1, -0.05) is 54.6 Å². The summed E-state index contributed by atoms with van der Waals surface area (Å²) in [5, 5.41) is 0. The minimum Gasteiger partial charge on any atom is -0.316 e. The first-order chi connectivity index (χ1) is 16.0. The van der Waals surface area contributed by atoms with E-state index in [0.29, 0.717) is 47.3 Å². The van der Waals surface area contributed by atoms with Crippen molar-refractivity contribution in [3.05, 3.63) is 106 Å². The largest absolute Gasteiger partial charge is 0.316 e. The lowest BCUT2D eigenvalue weighted by atomic mass is 10.1. The number of carbonyl (C=O) groups is 5. The molecule has 2 aromatic rings. The van der Waals surface area contributed by atoms with Crippen LogP contribution in [0.15, 0.2) is 83.6 Å². The van der Waals surface area contributed by atoms with Crippen molar-refractivity contribution < 1.29 is 24.0 Å². The zero-order valence-corrected chi connectivity index (χ0v) is 17.7. The monoisotopic (exact) mass is 437 g/mol. The fraction of sp³-hybridized carbons (Fsp3) is 0.148. The lowest BCUT2D eigenvalue weighted by Gasteiger charge is -2.18. The number of hydrogen-bond acceptors (Lipinski definition) is 5. The molecule has 1 heterocycles. The summed E-state index contributed by atoms with van der Waals surface area (Å²) in [6.07, 6.45) is 5.79. The van der Waals surface area contributed by atoms with Crippen molar-refractivity contribution in [3.63, 3.8) is 0 Å². The molecule has 0 aromatic heterocycles. The molecule has 0 radical (unpaired) electrons. The predicted octanol–water partition coefficient (Wildman–Crippen LogP) is 3.89. The lowest BCUT2D eigenvalue weighted by Crippen LogP contribution is -2.23. The summed E-state index contributed by atoms with van der Waals surface area (Å²) < 4.78 is 0. The molecular weight excluding hydrogens is 418 g/mol.